The number of fused-ring (bicyclic) bond motifs is 5. The molecule has 2 saturated heterocycles. The van der Waals surface area contributed by atoms with Crippen LogP contribution in [0.15, 0.2) is 11.6 Å². The lowest BCUT2D eigenvalue weighted by Crippen LogP contribution is -2.52. The van der Waals surface area contributed by atoms with Gasteiger partial charge in [0.05, 0.1) is 32.5 Å². The molecule has 178 valence electrons. The first-order chi connectivity index (χ1) is 15.6. The Labute approximate surface area is 193 Å². The molecule has 3 saturated carbocycles. The Hall–Kier alpha value is -0.930. The molecule has 6 rings (SSSR count). The van der Waals surface area contributed by atoms with Gasteiger partial charge in [-0.05, 0) is 87.0 Å². The van der Waals surface area contributed by atoms with Crippen LogP contribution in [0, 0.1) is 46.3 Å². The van der Waals surface area contributed by atoms with Gasteiger partial charge in [0, 0.05) is 18.8 Å². The fourth-order valence-corrected chi connectivity index (χ4v) is 8.83. The van der Waals surface area contributed by atoms with Gasteiger partial charge in [0.25, 0.3) is 0 Å². The van der Waals surface area contributed by atoms with Gasteiger partial charge < -0.3 is 18.9 Å². The second kappa shape index (κ2) is 8.69. The third kappa shape index (κ3) is 3.40. The molecule has 0 aromatic rings. The van der Waals surface area contributed by atoms with Crippen molar-refractivity contribution in [2.24, 2.45) is 35.0 Å². The van der Waals surface area contributed by atoms with E-state index in [9.17, 15) is 5.26 Å². The number of hydrogen-bond acceptors (Lipinski definition) is 5. The van der Waals surface area contributed by atoms with Crippen LogP contribution in [0.25, 0.3) is 0 Å². The molecule has 5 heteroatoms. The topological polar surface area (TPSA) is 60.7 Å². The molecule has 4 aliphatic carbocycles. The molecule has 0 aromatic heterocycles. The van der Waals surface area contributed by atoms with Crippen LogP contribution >= 0.6 is 0 Å². The number of allylic oxidation sites excluding steroid dienone is 1. The summed E-state index contributed by atoms with van der Waals surface area (Å²) in [5.74, 6) is 2.28. The molecule has 6 unspecified atom stereocenters. The van der Waals surface area contributed by atoms with E-state index >= 15 is 0 Å². The van der Waals surface area contributed by atoms with Crippen LogP contribution in [0.4, 0.5) is 0 Å². The monoisotopic (exact) mass is 443 g/mol. The summed E-state index contributed by atoms with van der Waals surface area (Å²) in [6.45, 7) is 8.97. The summed E-state index contributed by atoms with van der Waals surface area (Å²) < 4.78 is 24.3. The maximum atomic E-state index is 9.84. The van der Waals surface area contributed by atoms with Gasteiger partial charge in [-0.25, -0.2) is 0 Å². The summed E-state index contributed by atoms with van der Waals surface area (Å²) in [4.78, 5) is 0. The third-order valence-corrected chi connectivity index (χ3v) is 9.86. The second-order valence-corrected chi connectivity index (χ2v) is 10.8. The number of rotatable bonds is 2. The number of hydrogen-bond donors (Lipinski definition) is 0. The molecular weight excluding hydrogens is 402 g/mol. The minimum Gasteiger partial charge on any atom is -0.348 e. The molecule has 5 nitrogen and oxygen atoms in total. The lowest BCUT2D eigenvalue weighted by Gasteiger charge is -2.56. The van der Waals surface area contributed by atoms with Crippen LogP contribution in [0.1, 0.15) is 78.6 Å². The molecule has 1 spiro atoms. The number of nitriles is 1. The summed E-state index contributed by atoms with van der Waals surface area (Å²) in [6.07, 6.45) is 12.4. The van der Waals surface area contributed by atoms with Crippen molar-refractivity contribution in [3.05, 3.63) is 11.6 Å². The molecule has 6 aliphatic rings. The molecule has 0 aromatic carbocycles. The Morgan fingerprint density at radius 3 is 2.34 bits per heavy atom. The normalized spacial score (nSPS) is 43.3. The van der Waals surface area contributed by atoms with Crippen molar-refractivity contribution in [2.75, 3.05) is 26.4 Å². The van der Waals surface area contributed by atoms with Gasteiger partial charge in [0.15, 0.2) is 11.6 Å². The highest BCUT2D eigenvalue weighted by atomic mass is 16.7. The largest absolute Gasteiger partial charge is 0.348 e. The van der Waals surface area contributed by atoms with E-state index in [2.05, 4.69) is 19.1 Å². The fourth-order valence-electron chi connectivity index (χ4n) is 8.83. The van der Waals surface area contributed by atoms with Crippen LogP contribution in [-0.2, 0) is 18.9 Å². The van der Waals surface area contributed by atoms with Crippen LogP contribution in [0.2, 0.25) is 0 Å². The van der Waals surface area contributed by atoms with E-state index in [4.69, 9.17) is 18.9 Å². The molecule has 2 aliphatic heterocycles. The van der Waals surface area contributed by atoms with E-state index in [-0.39, 0.29) is 5.41 Å². The van der Waals surface area contributed by atoms with Crippen molar-refractivity contribution in [1.29, 1.82) is 5.26 Å². The molecule has 0 radical (unpaired) electrons. The predicted octanol–water partition coefficient (Wildman–Crippen LogP) is 5.60. The van der Waals surface area contributed by atoms with Crippen molar-refractivity contribution in [2.45, 2.75) is 90.1 Å². The average molecular weight is 444 g/mol. The fraction of sp³-hybridized carbons (Fsp3) is 0.889. The van der Waals surface area contributed by atoms with E-state index in [1.165, 1.54) is 32.1 Å². The lowest BCUT2D eigenvalue weighted by atomic mass is 9.49. The lowest BCUT2D eigenvalue weighted by molar-refractivity contribution is -0.216. The van der Waals surface area contributed by atoms with E-state index in [1.807, 2.05) is 13.8 Å². The Morgan fingerprint density at radius 2 is 1.62 bits per heavy atom. The zero-order valence-electron chi connectivity index (χ0n) is 20.2. The minimum absolute atomic E-state index is 0.0732. The molecule has 6 atom stereocenters. The van der Waals surface area contributed by atoms with E-state index in [0.717, 1.165) is 44.3 Å². The van der Waals surface area contributed by atoms with Gasteiger partial charge >= 0.3 is 0 Å². The smallest absolute Gasteiger partial charge is 0.188 e. The SMILES string of the molecule is CC.CC1(C2CCC3C4CCC5=CC6(CCC5C4CCC32CC#N)OCCO6)OCCO1. The molecule has 0 bridgehead atoms. The minimum atomic E-state index is -0.494. The van der Waals surface area contributed by atoms with Crippen LogP contribution in [0.3, 0.4) is 0 Å². The molecular formula is C27H41NO4. The zero-order valence-corrected chi connectivity index (χ0v) is 20.2. The maximum absolute atomic E-state index is 9.84. The first-order valence-electron chi connectivity index (χ1n) is 13.2. The summed E-state index contributed by atoms with van der Waals surface area (Å²) in [6, 6.07) is 2.60. The highest BCUT2D eigenvalue weighted by molar-refractivity contribution is 5.23. The first-order valence-corrected chi connectivity index (χ1v) is 13.2. The standard InChI is InChI=1S/C25H35NO4.C2H6/c1-23(27-12-13-28-23)22-5-4-21-20-3-2-17-16-25(29-14-15-30-25)9-7-18(17)19(20)6-8-24(21,22)10-11-26;1-2/h16,18-22H,2-10,12-15H2,1H3;1-2H3. The van der Waals surface area contributed by atoms with Crippen molar-refractivity contribution >= 4 is 0 Å². The summed E-state index contributed by atoms with van der Waals surface area (Å²) in [5, 5.41) is 9.84. The van der Waals surface area contributed by atoms with Crippen LogP contribution in [-0.4, -0.2) is 38.0 Å². The molecule has 2 heterocycles. The van der Waals surface area contributed by atoms with Crippen molar-refractivity contribution in [3.8, 4) is 6.07 Å². The van der Waals surface area contributed by atoms with Crippen molar-refractivity contribution in [3.63, 3.8) is 0 Å². The highest BCUT2D eigenvalue weighted by Gasteiger charge is 2.63. The molecule has 32 heavy (non-hydrogen) atoms. The summed E-state index contributed by atoms with van der Waals surface area (Å²) in [5.41, 5.74) is 1.67. The van der Waals surface area contributed by atoms with Gasteiger partial charge in [-0.15, -0.1) is 0 Å². The summed E-state index contributed by atoms with van der Waals surface area (Å²) >= 11 is 0. The zero-order chi connectivity index (χ0) is 22.4. The Bertz CT molecular complexity index is 760. The van der Waals surface area contributed by atoms with E-state index in [1.54, 1.807) is 5.57 Å². The first kappa shape index (κ1) is 22.8. The van der Waals surface area contributed by atoms with Crippen molar-refractivity contribution < 1.29 is 18.9 Å². The molecule has 0 N–H and O–H groups in total. The van der Waals surface area contributed by atoms with E-state index < -0.39 is 11.6 Å². The Kier molecular flexibility index (Phi) is 6.20. The van der Waals surface area contributed by atoms with Gasteiger partial charge in [0.1, 0.15) is 0 Å². The third-order valence-electron chi connectivity index (χ3n) is 9.86. The second-order valence-electron chi connectivity index (χ2n) is 10.8. The Balaban J connectivity index is 0.00000105. The molecule has 5 fully saturated rings. The van der Waals surface area contributed by atoms with Gasteiger partial charge in [-0.2, -0.15) is 5.26 Å². The van der Waals surface area contributed by atoms with E-state index in [0.29, 0.717) is 37.4 Å². The average Bonchev–Trinajstić information content (AvgIpc) is 3.54. The quantitative estimate of drug-likeness (QED) is 0.520. The Morgan fingerprint density at radius 1 is 0.906 bits per heavy atom. The van der Waals surface area contributed by atoms with Crippen molar-refractivity contribution in [1.82, 2.24) is 0 Å². The number of nitrogens with zero attached hydrogens (tertiary/aromatic N) is 1. The highest BCUT2D eigenvalue weighted by Crippen LogP contribution is 2.67. The van der Waals surface area contributed by atoms with Crippen LogP contribution < -0.4 is 0 Å². The van der Waals surface area contributed by atoms with Gasteiger partial charge in [-0.1, -0.05) is 19.4 Å². The van der Waals surface area contributed by atoms with Gasteiger partial charge in [0.2, 0.25) is 0 Å². The predicted molar refractivity (Wildman–Crippen MR) is 121 cm³/mol. The number of ether oxygens (including phenoxy) is 4. The van der Waals surface area contributed by atoms with Crippen LogP contribution in [0.5, 0.6) is 0 Å². The van der Waals surface area contributed by atoms with Gasteiger partial charge in [-0.3, -0.25) is 0 Å². The maximum Gasteiger partial charge on any atom is 0.188 e. The molecule has 0 amide bonds. The summed E-state index contributed by atoms with van der Waals surface area (Å²) in [7, 11) is 0.